The van der Waals surface area contributed by atoms with Crippen molar-refractivity contribution in [1.82, 2.24) is 5.32 Å². The molecule has 1 saturated heterocycles. The Labute approximate surface area is 213 Å². The van der Waals surface area contributed by atoms with Crippen LogP contribution in [0.25, 0.3) is 0 Å². The number of anilines is 1. The van der Waals surface area contributed by atoms with Crippen molar-refractivity contribution in [3.8, 4) is 11.5 Å². The third-order valence-electron chi connectivity index (χ3n) is 6.02. The van der Waals surface area contributed by atoms with Gasteiger partial charge < -0.3 is 50.4 Å². The van der Waals surface area contributed by atoms with E-state index in [0.29, 0.717) is 12.0 Å². The van der Waals surface area contributed by atoms with Crippen LogP contribution in [0.15, 0.2) is 42.5 Å². The van der Waals surface area contributed by atoms with Gasteiger partial charge in [0.05, 0.1) is 18.9 Å². The summed E-state index contributed by atoms with van der Waals surface area (Å²) in [5.41, 5.74) is 1.66. The first-order valence-electron chi connectivity index (χ1n) is 11.6. The van der Waals surface area contributed by atoms with E-state index in [9.17, 15) is 35.1 Å². The molecule has 1 aliphatic rings. The minimum atomic E-state index is -1.86. The van der Waals surface area contributed by atoms with E-state index in [0.717, 1.165) is 17.7 Å². The molecule has 1 aliphatic heterocycles. The summed E-state index contributed by atoms with van der Waals surface area (Å²) in [6, 6.07) is 12.1. The SMILES string of the molecule is COc1ccc(C[C@@H](C)NC[C@H](O)c2ccc(O[C@@H]3O[C@H](C(=O)O)[C@@H](O)[C@H](O)[C@H]3O)c(NC=O)c2)cc1. The molecule has 1 heterocycles. The quantitative estimate of drug-likeness (QED) is 0.184. The average Bonchev–Trinajstić information content (AvgIpc) is 2.88. The Balaban J connectivity index is 1.65. The number of hydrogen-bond acceptors (Lipinski definition) is 10. The number of amides is 1. The molecule has 12 nitrogen and oxygen atoms in total. The number of aliphatic hydroxyl groups is 4. The van der Waals surface area contributed by atoms with Crippen LogP contribution in [0.1, 0.15) is 24.2 Å². The van der Waals surface area contributed by atoms with Gasteiger partial charge in [-0.2, -0.15) is 0 Å². The number of aliphatic carboxylic acids is 1. The molecule has 0 saturated carbocycles. The Morgan fingerprint density at radius 1 is 1.11 bits per heavy atom. The van der Waals surface area contributed by atoms with Gasteiger partial charge in [-0.1, -0.05) is 18.2 Å². The smallest absolute Gasteiger partial charge is 0.335 e. The summed E-state index contributed by atoms with van der Waals surface area (Å²) in [5, 5.41) is 55.6. The highest BCUT2D eigenvalue weighted by molar-refractivity contribution is 5.76. The summed E-state index contributed by atoms with van der Waals surface area (Å²) in [5.74, 6) is -0.793. The van der Waals surface area contributed by atoms with Gasteiger partial charge in [0.1, 0.15) is 29.8 Å². The van der Waals surface area contributed by atoms with Crippen LogP contribution in [0.3, 0.4) is 0 Å². The number of carbonyl (C=O) groups is 2. The Morgan fingerprint density at radius 3 is 2.43 bits per heavy atom. The first kappa shape index (κ1) is 28.3. The molecular formula is C25H32N2O10. The van der Waals surface area contributed by atoms with E-state index >= 15 is 0 Å². The third-order valence-corrected chi connectivity index (χ3v) is 6.02. The van der Waals surface area contributed by atoms with Gasteiger partial charge in [-0.25, -0.2) is 4.79 Å². The lowest BCUT2D eigenvalue weighted by atomic mass is 9.99. The number of ether oxygens (including phenoxy) is 3. The number of benzene rings is 2. The topological polar surface area (TPSA) is 187 Å². The first-order valence-corrected chi connectivity index (χ1v) is 11.6. The molecule has 7 N–H and O–H groups in total. The highest BCUT2D eigenvalue weighted by Crippen LogP contribution is 2.32. The summed E-state index contributed by atoms with van der Waals surface area (Å²) < 4.78 is 15.8. The maximum absolute atomic E-state index is 11.3. The van der Waals surface area contributed by atoms with Crippen LogP contribution in [-0.2, 0) is 20.7 Å². The highest BCUT2D eigenvalue weighted by atomic mass is 16.7. The van der Waals surface area contributed by atoms with Crippen LogP contribution in [0.5, 0.6) is 11.5 Å². The Kier molecular flexibility index (Phi) is 9.80. The van der Waals surface area contributed by atoms with E-state index in [2.05, 4.69) is 10.6 Å². The van der Waals surface area contributed by atoms with E-state index in [1.165, 1.54) is 18.2 Å². The number of carboxylic acid groups (broad SMARTS) is 1. The maximum Gasteiger partial charge on any atom is 0.335 e. The molecule has 202 valence electrons. The van der Waals surface area contributed by atoms with Gasteiger partial charge in [-0.3, -0.25) is 4.79 Å². The molecule has 2 aromatic rings. The van der Waals surface area contributed by atoms with Crippen molar-refractivity contribution >= 4 is 18.1 Å². The molecule has 0 spiro atoms. The second kappa shape index (κ2) is 12.8. The number of rotatable bonds is 12. The zero-order valence-corrected chi connectivity index (χ0v) is 20.4. The van der Waals surface area contributed by atoms with Crippen molar-refractivity contribution in [1.29, 1.82) is 0 Å². The van der Waals surface area contributed by atoms with Gasteiger partial charge in [-0.05, 0) is 48.7 Å². The number of nitrogens with one attached hydrogen (secondary N) is 2. The summed E-state index contributed by atoms with van der Waals surface area (Å²) in [6.45, 7) is 2.20. The number of aliphatic hydroxyl groups excluding tert-OH is 4. The standard InChI is InChI=1S/C25H32N2O10/c1-13(9-14-3-6-16(35-2)7-4-14)26-11-18(29)15-5-8-19(17(10-15)27-12-28)36-25-22(32)20(30)21(31)23(37-25)24(33)34/h3-8,10,12-13,18,20-23,25-26,29-32H,9,11H2,1-2H3,(H,27,28)(H,33,34)/t13-,18+,20+,21+,22-,23+,25-/m1/s1. The van der Waals surface area contributed by atoms with Crippen LogP contribution >= 0.6 is 0 Å². The number of methoxy groups -OCH3 is 1. The van der Waals surface area contributed by atoms with E-state index in [-0.39, 0.29) is 24.0 Å². The van der Waals surface area contributed by atoms with Crippen LogP contribution in [0.4, 0.5) is 5.69 Å². The Hall–Kier alpha value is -3.26. The van der Waals surface area contributed by atoms with Crippen LogP contribution in [-0.4, -0.2) is 88.3 Å². The normalized spacial score (nSPS) is 25.1. The van der Waals surface area contributed by atoms with Gasteiger partial charge in [0, 0.05) is 12.6 Å². The van der Waals surface area contributed by atoms with Gasteiger partial charge in [0.2, 0.25) is 12.7 Å². The van der Waals surface area contributed by atoms with Gasteiger partial charge in [-0.15, -0.1) is 0 Å². The Bertz CT molecular complexity index is 1050. The second-order valence-electron chi connectivity index (χ2n) is 8.75. The number of hydrogen-bond donors (Lipinski definition) is 7. The molecule has 0 bridgehead atoms. The molecule has 3 rings (SSSR count). The van der Waals surface area contributed by atoms with Crippen molar-refractivity contribution in [2.75, 3.05) is 19.0 Å². The summed E-state index contributed by atoms with van der Waals surface area (Å²) in [7, 11) is 1.60. The molecule has 2 aromatic carbocycles. The fraction of sp³-hybridized carbons (Fsp3) is 0.440. The molecule has 0 radical (unpaired) electrons. The second-order valence-corrected chi connectivity index (χ2v) is 8.75. The van der Waals surface area contributed by atoms with E-state index < -0.39 is 42.8 Å². The van der Waals surface area contributed by atoms with Crippen molar-refractivity contribution in [2.24, 2.45) is 0 Å². The number of carbonyl (C=O) groups excluding carboxylic acids is 1. The van der Waals surface area contributed by atoms with Crippen molar-refractivity contribution in [3.63, 3.8) is 0 Å². The lowest BCUT2D eigenvalue weighted by Gasteiger charge is -2.38. The molecule has 1 fully saturated rings. The molecule has 0 aliphatic carbocycles. The zero-order chi connectivity index (χ0) is 27.1. The molecule has 0 unspecified atom stereocenters. The fourth-order valence-corrected chi connectivity index (χ4v) is 3.93. The van der Waals surface area contributed by atoms with Crippen molar-refractivity contribution in [3.05, 3.63) is 53.6 Å². The predicted molar refractivity (Wildman–Crippen MR) is 130 cm³/mol. The molecule has 12 heteroatoms. The lowest BCUT2D eigenvalue weighted by molar-refractivity contribution is -0.271. The molecular weight excluding hydrogens is 488 g/mol. The van der Waals surface area contributed by atoms with E-state index in [4.69, 9.17) is 14.2 Å². The van der Waals surface area contributed by atoms with E-state index in [1.54, 1.807) is 7.11 Å². The van der Waals surface area contributed by atoms with Gasteiger partial charge in [0.15, 0.2) is 6.10 Å². The predicted octanol–water partition coefficient (Wildman–Crippen LogP) is -0.211. The molecule has 7 atom stereocenters. The summed E-state index contributed by atoms with van der Waals surface area (Å²) in [6.07, 6.45) is -8.79. The monoisotopic (exact) mass is 520 g/mol. The highest BCUT2D eigenvalue weighted by Gasteiger charge is 2.48. The lowest BCUT2D eigenvalue weighted by Crippen LogP contribution is -2.61. The number of carboxylic acids is 1. The average molecular weight is 521 g/mol. The largest absolute Gasteiger partial charge is 0.497 e. The van der Waals surface area contributed by atoms with Gasteiger partial charge in [0.25, 0.3) is 0 Å². The van der Waals surface area contributed by atoms with Crippen molar-refractivity contribution < 1.29 is 49.3 Å². The summed E-state index contributed by atoms with van der Waals surface area (Å²) in [4.78, 5) is 22.5. The summed E-state index contributed by atoms with van der Waals surface area (Å²) >= 11 is 0. The Morgan fingerprint density at radius 2 is 1.81 bits per heavy atom. The zero-order valence-electron chi connectivity index (χ0n) is 20.4. The third kappa shape index (κ3) is 7.16. The van der Waals surface area contributed by atoms with Crippen LogP contribution in [0, 0.1) is 0 Å². The minimum Gasteiger partial charge on any atom is -0.497 e. The molecule has 37 heavy (non-hydrogen) atoms. The van der Waals surface area contributed by atoms with Crippen LogP contribution in [0.2, 0.25) is 0 Å². The van der Waals surface area contributed by atoms with Gasteiger partial charge >= 0.3 is 5.97 Å². The van der Waals surface area contributed by atoms with Crippen molar-refractivity contribution in [2.45, 2.75) is 56.2 Å². The maximum atomic E-state index is 11.3. The minimum absolute atomic E-state index is 0.0133. The first-order chi connectivity index (χ1) is 17.6. The fourth-order valence-electron chi connectivity index (χ4n) is 3.93. The molecule has 1 amide bonds. The molecule has 0 aromatic heterocycles. The van der Waals surface area contributed by atoms with Crippen LogP contribution < -0.4 is 20.1 Å². The van der Waals surface area contributed by atoms with E-state index in [1.807, 2.05) is 31.2 Å².